The Morgan fingerprint density at radius 2 is 2.10 bits per heavy atom. The summed E-state index contributed by atoms with van der Waals surface area (Å²) in [6.45, 7) is 4.11. The van der Waals surface area contributed by atoms with Crippen molar-refractivity contribution in [1.29, 1.82) is 0 Å². The third kappa shape index (κ3) is 2.90. The predicted molar refractivity (Wildman–Crippen MR) is 78.6 cm³/mol. The lowest BCUT2D eigenvalue weighted by Gasteiger charge is -2.01. The zero-order valence-corrected chi connectivity index (χ0v) is 12.0. The first-order valence-electron chi connectivity index (χ1n) is 7.52. The second kappa shape index (κ2) is 6.18. The lowest BCUT2D eigenvalue weighted by Crippen LogP contribution is -2.14. The number of benzene rings is 1. The molecule has 3 rings (SSSR count). The highest BCUT2D eigenvalue weighted by Gasteiger charge is 2.14. The van der Waals surface area contributed by atoms with Crippen LogP contribution in [0.5, 0.6) is 0 Å². The van der Waals surface area contributed by atoms with Gasteiger partial charge in [0.05, 0.1) is 0 Å². The molecule has 0 saturated carbocycles. The first kappa shape index (κ1) is 13.3. The predicted octanol–water partition coefficient (Wildman–Crippen LogP) is 2.77. The van der Waals surface area contributed by atoms with Crippen molar-refractivity contribution in [1.82, 2.24) is 15.5 Å². The molecule has 0 unspecified atom stereocenters. The van der Waals surface area contributed by atoms with E-state index in [-0.39, 0.29) is 0 Å². The Balaban J connectivity index is 1.67. The van der Waals surface area contributed by atoms with E-state index in [4.69, 9.17) is 4.42 Å². The Hall–Kier alpha value is -1.68. The van der Waals surface area contributed by atoms with Crippen molar-refractivity contribution < 1.29 is 4.42 Å². The number of aryl methyl sites for hydroxylation is 3. The summed E-state index contributed by atoms with van der Waals surface area (Å²) in [5.41, 5.74) is 3.96. The van der Waals surface area contributed by atoms with Crippen LogP contribution >= 0.6 is 0 Å². The number of aromatic nitrogens is 2. The minimum atomic E-state index is 0.651. The fourth-order valence-corrected chi connectivity index (χ4v) is 2.72. The van der Waals surface area contributed by atoms with E-state index in [1.54, 1.807) is 0 Å². The number of nitrogens with one attached hydrogen (secondary N) is 1. The van der Waals surface area contributed by atoms with Crippen LogP contribution in [0.25, 0.3) is 11.5 Å². The maximum absolute atomic E-state index is 5.76. The minimum Gasteiger partial charge on any atom is -0.421 e. The van der Waals surface area contributed by atoms with Crippen molar-refractivity contribution in [3.05, 3.63) is 35.2 Å². The molecule has 1 aliphatic rings. The number of rotatable bonds is 6. The van der Waals surface area contributed by atoms with Gasteiger partial charge in [0.1, 0.15) is 0 Å². The Bertz CT molecular complexity index is 577. The second-order valence-electron chi connectivity index (χ2n) is 5.30. The summed E-state index contributed by atoms with van der Waals surface area (Å²) >= 11 is 0. The van der Waals surface area contributed by atoms with Crippen LogP contribution in [0.4, 0.5) is 0 Å². The zero-order chi connectivity index (χ0) is 13.8. The topological polar surface area (TPSA) is 51.0 Å². The minimum absolute atomic E-state index is 0.651. The standard InChI is InChI=1S/C16H21N3O/c1-2-17-10-4-7-15-18-19-16(20-15)14-9-8-12-5-3-6-13(12)11-14/h8-9,11,17H,2-7,10H2,1H3. The summed E-state index contributed by atoms with van der Waals surface area (Å²) in [5.74, 6) is 1.39. The molecule has 0 spiro atoms. The Labute approximate surface area is 119 Å². The van der Waals surface area contributed by atoms with Gasteiger partial charge in [0.2, 0.25) is 11.8 Å². The van der Waals surface area contributed by atoms with Crippen molar-refractivity contribution in [2.75, 3.05) is 13.1 Å². The van der Waals surface area contributed by atoms with Crippen LogP contribution in [-0.2, 0) is 19.3 Å². The van der Waals surface area contributed by atoms with Gasteiger partial charge in [0, 0.05) is 12.0 Å². The highest BCUT2D eigenvalue weighted by atomic mass is 16.4. The highest BCUT2D eigenvalue weighted by molar-refractivity contribution is 5.56. The first-order chi connectivity index (χ1) is 9.86. The third-order valence-electron chi connectivity index (χ3n) is 3.81. The number of hydrogen-bond acceptors (Lipinski definition) is 4. The maximum Gasteiger partial charge on any atom is 0.247 e. The van der Waals surface area contributed by atoms with E-state index in [0.29, 0.717) is 5.89 Å². The Morgan fingerprint density at radius 3 is 3.00 bits per heavy atom. The molecule has 106 valence electrons. The van der Waals surface area contributed by atoms with Gasteiger partial charge in [0.15, 0.2) is 0 Å². The molecule has 4 heteroatoms. The van der Waals surface area contributed by atoms with Gasteiger partial charge >= 0.3 is 0 Å². The Kier molecular flexibility index (Phi) is 4.11. The summed E-state index contributed by atoms with van der Waals surface area (Å²) in [5, 5.41) is 11.6. The zero-order valence-electron chi connectivity index (χ0n) is 12.0. The summed E-state index contributed by atoms with van der Waals surface area (Å²) in [7, 11) is 0. The molecule has 0 amide bonds. The van der Waals surface area contributed by atoms with Crippen LogP contribution < -0.4 is 5.32 Å². The van der Waals surface area contributed by atoms with Gasteiger partial charge in [-0.05, 0) is 62.0 Å². The molecular formula is C16H21N3O. The lowest BCUT2D eigenvalue weighted by molar-refractivity contribution is 0.492. The van der Waals surface area contributed by atoms with Crippen LogP contribution in [0.2, 0.25) is 0 Å². The van der Waals surface area contributed by atoms with Gasteiger partial charge in [-0.2, -0.15) is 0 Å². The molecule has 20 heavy (non-hydrogen) atoms. The molecule has 1 aromatic heterocycles. The fraction of sp³-hybridized carbons (Fsp3) is 0.500. The molecule has 0 saturated heterocycles. The van der Waals surface area contributed by atoms with Gasteiger partial charge in [-0.15, -0.1) is 10.2 Å². The largest absolute Gasteiger partial charge is 0.421 e. The van der Waals surface area contributed by atoms with Crippen molar-refractivity contribution in [2.45, 2.75) is 39.0 Å². The Morgan fingerprint density at radius 1 is 1.20 bits per heavy atom. The van der Waals surface area contributed by atoms with Gasteiger partial charge in [-0.25, -0.2) is 0 Å². The number of fused-ring (bicyclic) bond motifs is 1. The molecule has 0 radical (unpaired) electrons. The van der Waals surface area contributed by atoms with Crippen LogP contribution in [0.15, 0.2) is 22.6 Å². The monoisotopic (exact) mass is 271 g/mol. The van der Waals surface area contributed by atoms with E-state index in [0.717, 1.165) is 37.4 Å². The summed E-state index contributed by atoms with van der Waals surface area (Å²) < 4.78 is 5.76. The molecule has 1 aliphatic carbocycles. The molecule has 0 atom stereocenters. The average molecular weight is 271 g/mol. The molecule has 0 fully saturated rings. The molecule has 1 N–H and O–H groups in total. The van der Waals surface area contributed by atoms with Crippen LogP contribution in [-0.4, -0.2) is 23.3 Å². The summed E-state index contributed by atoms with van der Waals surface area (Å²) in [6.07, 6.45) is 5.50. The molecule has 2 aromatic rings. The van der Waals surface area contributed by atoms with Gasteiger partial charge < -0.3 is 9.73 Å². The van der Waals surface area contributed by atoms with Crippen LogP contribution in [0.1, 0.15) is 36.8 Å². The average Bonchev–Trinajstić information content (AvgIpc) is 3.11. The van der Waals surface area contributed by atoms with E-state index >= 15 is 0 Å². The second-order valence-corrected chi connectivity index (χ2v) is 5.30. The van der Waals surface area contributed by atoms with Gasteiger partial charge in [-0.3, -0.25) is 0 Å². The van der Waals surface area contributed by atoms with E-state index in [2.05, 4.69) is 40.6 Å². The van der Waals surface area contributed by atoms with E-state index in [1.165, 1.54) is 30.4 Å². The molecule has 0 aliphatic heterocycles. The van der Waals surface area contributed by atoms with Crippen molar-refractivity contribution in [2.24, 2.45) is 0 Å². The lowest BCUT2D eigenvalue weighted by atomic mass is 10.1. The van der Waals surface area contributed by atoms with Gasteiger partial charge in [0.25, 0.3) is 0 Å². The van der Waals surface area contributed by atoms with Crippen molar-refractivity contribution in [3.8, 4) is 11.5 Å². The molecule has 4 nitrogen and oxygen atoms in total. The van der Waals surface area contributed by atoms with E-state index in [1.807, 2.05) is 0 Å². The number of nitrogens with zero attached hydrogens (tertiary/aromatic N) is 2. The first-order valence-corrected chi connectivity index (χ1v) is 7.52. The quantitative estimate of drug-likeness (QED) is 0.821. The van der Waals surface area contributed by atoms with Crippen LogP contribution in [0.3, 0.4) is 0 Å². The van der Waals surface area contributed by atoms with E-state index in [9.17, 15) is 0 Å². The smallest absolute Gasteiger partial charge is 0.247 e. The van der Waals surface area contributed by atoms with Gasteiger partial charge in [-0.1, -0.05) is 13.0 Å². The van der Waals surface area contributed by atoms with E-state index < -0.39 is 0 Å². The highest BCUT2D eigenvalue weighted by Crippen LogP contribution is 2.27. The maximum atomic E-state index is 5.76. The summed E-state index contributed by atoms with van der Waals surface area (Å²) in [6, 6.07) is 6.51. The molecular weight excluding hydrogens is 250 g/mol. The molecule has 1 heterocycles. The molecule has 0 bridgehead atoms. The SMILES string of the molecule is CCNCCCc1nnc(-c2ccc3c(c2)CCC3)o1. The van der Waals surface area contributed by atoms with Crippen molar-refractivity contribution >= 4 is 0 Å². The third-order valence-corrected chi connectivity index (χ3v) is 3.81. The number of hydrogen-bond donors (Lipinski definition) is 1. The normalized spacial score (nSPS) is 13.7. The fourth-order valence-electron chi connectivity index (χ4n) is 2.72. The van der Waals surface area contributed by atoms with Crippen molar-refractivity contribution in [3.63, 3.8) is 0 Å². The van der Waals surface area contributed by atoms with Crippen LogP contribution in [0, 0.1) is 0 Å². The summed E-state index contributed by atoms with van der Waals surface area (Å²) in [4.78, 5) is 0. The molecule has 1 aromatic carbocycles.